The van der Waals surface area contributed by atoms with E-state index in [1.807, 2.05) is 29.6 Å². The van der Waals surface area contributed by atoms with Crippen LogP contribution in [-0.2, 0) is 17.6 Å². The lowest BCUT2D eigenvalue weighted by Gasteiger charge is -2.37. The second-order valence-corrected chi connectivity index (χ2v) is 8.80. The first kappa shape index (κ1) is 23.9. The molecular formula is C25H24F3NO4S. The van der Waals surface area contributed by atoms with Crippen molar-refractivity contribution in [1.82, 2.24) is 4.90 Å². The molecule has 3 aromatic rings. The molecule has 0 N–H and O–H groups in total. The fourth-order valence-corrected chi connectivity index (χ4v) is 5.14. The van der Waals surface area contributed by atoms with Crippen molar-refractivity contribution in [2.24, 2.45) is 0 Å². The summed E-state index contributed by atoms with van der Waals surface area (Å²) >= 11 is 1.55. The van der Waals surface area contributed by atoms with Crippen LogP contribution in [-0.4, -0.2) is 37.9 Å². The first-order valence-corrected chi connectivity index (χ1v) is 11.6. The molecule has 180 valence electrons. The number of amides is 1. The Balaban J connectivity index is 1.60. The van der Waals surface area contributed by atoms with Crippen molar-refractivity contribution in [3.63, 3.8) is 0 Å². The van der Waals surface area contributed by atoms with E-state index in [9.17, 15) is 18.0 Å². The van der Waals surface area contributed by atoms with Gasteiger partial charge in [0.05, 0.1) is 20.3 Å². The second kappa shape index (κ2) is 9.97. The standard InChI is InChI=1S/C25H24F3NO4S/c1-31-20-14-17-11-12-29(24(22-8-5-13-34-22)18(17)15-21(20)32-2)23(30)10-9-16-6-3-4-7-19(16)33-25(26,27)28/h3-8,13-15,24H,9-12H2,1-2H3. The second-order valence-electron chi connectivity index (χ2n) is 7.82. The van der Waals surface area contributed by atoms with Gasteiger partial charge in [0.2, 0.25) is 5.91 Å². The Bertz CT molecular complexity index is 1150. The van der Waals surface area contributed by atoms with Crippen LogP contribution in [0.4, 0.5) is 13.2 Å². The minimum Gasteiger partial charge on any atom is -0.493 e. The summed E-state index contributed by atoms with van der Waals surface area (Å²) in [4.78, 5) is 16.2. The number of fused-ring (bicyclic) bond motifs is 1. The molecular weight excluding hydrogens is 467 g/mol. The highest BCUT2D eigenvalue weighted by Gasteiger charge is 2.34. The van der Waals surface area contributed by atoms with Crippen molar-refractivity contribution in [2.45, 2.75) is 31.7 Å². The third-order valence-corrected chi connectivity index (χ3v) is 6.74. The number of carbonyl (C=O) groups excluding carboxylic acids is 1. The van der Waals surface area contributed by atoms with Crippen molar-refractivity contribution in [3.05, 3.63) is 75.5 Å². The maximum atomic E-state index is 13.4. The van der Waals surface area contributed by atoms with Crippen molar-refractivity contribution in [1.29, 1.82) is 0 Å². The SMILES string of the molecule is COc1cc2c(cc1OC)C(c1cccs1)N(C(=O)CCc1ccccc1OC(F)(F)F)CC2. The van der Waals surface area contributed by atoms with Gasteiger partial charge in [-0.05, 0) is 59.2 Å². The van der Waals surface area contributed by atoms with E-state index in [2.05, 4.69) is 4.74 Å². The molecule has 5 nitrogen and oxygen atoms in total. The maximum Gasteiger partial charge on any atom is 0.573 e. The van der Waals surface area contributed by atoms with Crippen LogP contribution < -0.4 is 14.2 Å². The van der Waals surface area contributed by atoms with Crippen molar-refractivity contribution < 1.29 is 32.2 Å². The highest BCUT2D eigenvalue weighted by molar-refractivity contribution is 7.10. The summed E-state index contributed by atoms with van der Waals surface area (Å²) in [5.74, 6) is 0.793. The van der Waals surface area contributed by atoms with E-state index in [0.717, 1.165) is 16.0 Å². The summed E-state index contributed by atoms with van der Waals surface area (Å²) < 4.78 is 53.3. The molecule has 34 heavy (non-hydrogen) atoms. The van der Waals surface area contributed by atoms with Crippen LogP contribution in [0, 0.1) is 0 Å². The number of rotatable bonds is 7. The number of nitrogens with zero attached hydrogens (tertiary/aromatic N) is 1. The van der Waals surface area contributed by atoms with Gasteiger partial charge in [-0.25, -0.2) is 0 Å². The van der Waals surface area contributed by atoms with Gasteiger partial charge in [-0.1, -0.05) is 24.3 Å². The van der Waals surface area contributed by atoms with E-state index in [1.54, 1.807) is 42.6 Å². The number of alkyl halides is 3. The highest BCUT2D eigenvalue weighted by Crippen LogP contribution is 2.42. The molecule has 1 aliphatic heterocycles. The highest BCUT2D eigenvalue weighted by atomic mass is 32.1. The average molecular weight is 492 g/mol. The Morgan fingerprint density at radius 3 is 2.47 bits per heavy atom. The summed E-state index contributed by atoms with van der Waals surface area (Å²) in [5.41, 5.74) is 2.37. The van der Waals surface area contributed by atoms with Crippen LogP contribution in [0.1, 0.15) is 34.0 Å². The molecule has 2 heterocycles. The lowest BCUT2D eigenvalue weighted by molar-refractivity contribution is -0.274. The monoisotopic (exact) mass is 491 g/mol. The van der Waals surface area contributed by atoms with Crippen LogP contribution >= 0.6 is 11.3 Å². The zero-order chi connectivity index (χ0) is 24.3. The molecule has 1 aliphatic rings. The summed E-state index contributed by atoms with van der Waals surface area (Å²) in [5, 5.41) is 1.96. The number of benzene rings is 2. The Morgan fingerprint density at radius 2 is 1.79 bits per heavy atom. The Kier molecular flexibility index (Phi) is 7.02. The zero-order valence-corrected chi connectivity index (χ0v) is 19.5. The molecule has 1 unspecified atom stereocenters. The molecule has 0 radical (unpaired) electrons. The summed E-state index contributed by atoms with van der Waals surface area (Å²) in [6.07, 6.45) is -3.96. The molecule has 1 aromatic heterocycles. The van der Waals surface area contributed by atoms with Crippen LogP contribution in [0.15, 0.2) is 53.9 Å². The third kappa shape index (κ3) is 5.14. The molecule has 0 saturated heterocycles. The van der Waals surface area contributed by atoms with E-state index in [-0.39, 0.29) is 30.5 Å². The van der Waals surface area contributed by atoms with Gasteiger partial charge in [0.1, 0.15) is 5.75 Å². The fourth-order valence-electron chi connectivity index (χ4n) is 4.29. The Labute approximate surface area is 199 Å². The third-order valence-electron chi connectivity index (χ3n) is 5.81. The number of hydrogen-bond donors (Lipinski definition) is 0. The van der Waals surface area contributed by atoms with Gasteiger partial charge in [0.25, 0.3) is 0 Å². The first-order chi connectivity index (χ1) is 16.3. The number of thiophene rings is 1. The number of ether oxygens (including phenoxy) is 3. The number of carbonyl (C=O) groups is 1. The maximum absolute atomic E-state index is 13.4. The van der Waals surface area contributed by atoms with Crippen LogP contribution in [0.5, 0.6) is 17.2 Å². The summed E-state index contributed by atoms with van der Waals surface area (Å²) in [6, 6.07) is 13.4. The lowest BCUT2D eigenvalue weighted by atomic mass is 9.90. The van der Waals surface area contributed by atoms with E-state index in [0.29, 0.717) is 30.0 Å². The van der Waals surface area contributed by atoms with E-state index in [4.69, 9.17) is 9.47 Å². The average Bonchev–Trinajstić information content (AvgIpc) is 3.35. The molecule has 4 rings (SSSR count). The molecule has 1 atom stereocenters. The molecule has 0 fully saturated rings. The van der Waals surface area contributed by atoms with Gasteiger partial charge in [0.15, 0.2) is 11.5 Å². The van der Waals surface area contributed by atoms with Gasteiger partial charge >= 0.3 is 6.36 Å². The van der Waals surface area contributed by atoms with Crippen molar-refractivity contribution in [3.8, 4) is 17.2 Å². The molecule has 1 amide bonds. The smallest absolute Gasteiger partial charge is 0.493 e. The van der Waals surface area contributed by atoms with Gasteiger partial charge in [-0.2, -0.15) is 0 Å². The quantitative estimate of drug-likeness (QED) is 0.421. The zero-order valence-electron chi connectivity index (χ0n) is 18.7. The normalized spacial score (nSPS) is 15.6. The number of para-hydroxylation sites is 1. The number of aryl methyl sites for hydroxylation is 1. The molecule has 0 aliphatic carbocycles. The topological polar surface area (TPSA) is 48.0 Å². The summed E-state index contributed by atoms with van der Waals surface area (Å²) in [7, 11) is 3.15. The predicted molar refractivity (Wildman–Crippen MR) is 123 cm³/mol. The van der Waals surface area contributed by atoms with Gasteiger partial charge in [0, 0.05) is 17.8 Å². The predicted octanol–water partition coefficient (Wildman–Crippen LogP) is 5.77. The molecule has 0 spiro atoms. The van der Waals surface area contributed by atoms with Crippen molar-refractivity contribution >= 4 is 17.2 Å². The van der Waals surface area contributed by atoms with Gasteiger partial charge < -0.3 is 19.1 Å². The fraction of sp³-hybridized carbons (Fsp3) is 0.320. The molecule has 0 bridgehead atoms. The first-order valence-electron chi connectivity index (χ1n) is 10.7. The molecule has 0 saturated carbocycles. The van der Waals surface area contributed by atoms with Gasteiger partial charge in [-0.15, -0.1) is 24.5 Å². The summed E-state index contributed by atoms with van der Waals surface area (Å²) in [6.45, 7) is 0.491. The largest absolute Gasteiger partial charge is 0.573 e. The van der Waals surface area contributed by atoms with E-state index < -0.39 is 6.36 Å². The molecule has 9 heteroatoms. The van der Waals surface area contributed by atoms with E-state index >= 15 is 0 Å². The lowest BCUT2D eigenvalue weighted by Crippen LogP contribution is -2.40. The Morgan fingerprint density at radius 1 is 1.06 bits per heavy atom. The van der Waals surface area contributed by atoms with Crippen LogP contribution in [0.25, 0.3) is 0 Å². The Hall–Kier alpha value is -3.20. The van der Waals surface area contributed by atoms with Gasteiger partial charge in [-0.3, -0.25) is 4.79 Å². The van der Waals surface area contributed by atoms with Crippen LogP contribution in [0.3, 0.4) is 0 Å². The molecule has 2 aromatic carbocycles. The van der Waals surface area contributed by atoms with Crippen molar-refractivity contribution in [2.75, 3.05) is 20.8 Å². The number of halogens is 3. The number of methoxy groups -OCH3 is 2. The van der Waals surface area contributed by atoms with E-state index in [1.165, 1.54) is 12.1 Å². The van der Waals surface area contributed by atoms with Crippen LogP contribution in [0.2, 0.25) is 0 Å². The minimum absolute atomic E-state index is 0.0583. The minimum atomic E-state index is -4.79. The number of hydrogen-bond acceptors (Lipinski definition) is 5.